The lowest BCUT2D eigenvalue weighted by molar-refractivity contribution is -0.274. The van der Waals surface area contributed by atoms with Gasteiger partial charge in [-0.05, 0) is 18.2 Å². The second-order valence-corrected chi connectivity index (χ2v) is 5.06. The summed E-state index contributed by atoms with van der Waals surface area (Å²) in [6.45, 7) is 0.199. The SMILES string of the molecule is COCC(NC(=O)Nc1cccc(OC(F)(F)F)c1)c1ccnn1C. The number of carbonyl (C=O) groups excluding carboxylic acids is 1. The van der Waals surface area contributed by atoms with E-state index in [2.05, 4.69) is 20.5 Å². The number of benzene rings is 1. The summed E-state index contributed by atoms with van der Waals surface area (Å²) in [6, 6.07) is 5.63. The number of halogens is 3. The van der Waals surface area contributed by atoms with Gasteiger partial charge < -0.3 is 20.1 Å². The minimum Gasteiger partial charge on any atom is -0.406 e. The lowest BCUT2D eigenvalue weighted by Gasteiger charge is -2.19. The molecule has 7 nitrogen and oxygen atoms in total. The van der Waals surface area contributed by atoms with Crippen molar-refractivity contribution in [3.8, 4) is 5.75 Å². The van der Waals surface area contributed by atoms with Crippen LogP contribution in [0.5, 0.6) is 5.75 Å². The number of urea groups is 1. The molecule has 0 aliphatic rings. The number of ether oxygens (including phenoxy) is 2. The van der Waals surface area contributed by atoms with Gasteiger partial charge in [0.2, 0.25) is 0 Å². The summed E-state index contributed by atoms with van der Waals surface area (Å²) in [6.07, 6.45) is -3.22. The largest absolute Gasteiger partial charge is 0.573 e. The zero-order valence-corrected chi connectivity index (χ0v) is 13.5. The molecule has 136 valence electrons. The van der Waals surface area contributed by atoms with Crippen LogP contribution in [0, 0.1) is 0 Å². The molecule has 0 fully saturated rings. The van der Waals surface area contributed by atoms with E-state index in [4.69, 9.17) is 4.74 Å². The number of hydrogen-bond acceptors (Lipinski definition) is 4. The molecule has 2 amide bonds. The van der Waals surface area contributed by atoms with Crippen molar-refractivity contribution in [1.82, 2.24) is 15.1 Å². The summed E-state index contributed by atoms with van der Waals surface area (Å²) in [5.41, 5.74) is 0.867. The van der Waals surface area contributed by atoms with Gasteiger partial charge in [-0.1, -0.05) is 6.07 Å². The zero-order valence-electron chi connectivity index (χ0n) is 13.5. The quantitative estimate of drug-likeness (QED) is 0.832. The molecule has 0 radical (unpaired) electrons. The summed E-state index contributed by atoms with van der Waals surface area (Å²) in [4.78, 5) is 12.1. The van der Waals surface area contributed by atoms with Crippen molar-refractivity contribution >= 4 is 11.7 Å². The monoisotopic (exact) mass is 358 g/mol. The van der Waals surface area contributed by atoms with Gasteiger partial charge in [0, 0.05) is 32.1 Å². The molecule has 0 saturated carbocycles. The molecule has 2 N–H and O–H groups in total. The fourth-order valence-electron chi connectivity index (χ4n) is 2.19. The lowest BCUT2D eigenvalue weighted by Crippen LogP contribution is -2.35. The van der Waals surface area contributed by atoms with Gasteiger partial charge in [0.05, 0.1) is 18.3 Å². The Balaban J connectivity index is 2.03. The molecular weight excluding hydrogens is 341 g/mol. The molecule has 1 heterocycles. The van der Waals surface area contributed by atoms with E-state index in [9.17, 15) is 18.0 Å². The highest BCUT2D eigenvalue weighted by Gasteiger charge is 2.31. The number of aromatic nitrogens is 2. The van der Waals surface area contributed by atoms with Crippen LogP contribution in [-0.4, -0.2) is 35.9 Å². The van der Waals surface area contributed by atoms with E-state index in [0.717, 1.165) is 12.1 Å². The number of amides is 2. The minimum atomic E-state index is -4.80. The first-order valence-electron chi connectivity index (χ1n) is 7.18. The molecule has 0 aliphatic heterocycles. The van der Waals surface area contributed by atoms with Crippen LogP contribution in [0.2, 0.25) is 0 Å². The fourth-order valence-corrected chi connectivity index (χ4v) is 2.19. The second-order valence-electron chi connectivity index (χ2n) is 5.06. The number of rotatable bonds is 6. The van der Waals surface area contributed by atoms with Crippen LogP contribution in [0.3, 0.4) is 0 Å². The Morgan fingerprint density at radius 2 is 2.12 bits per heavy atom. The molecule has 1 unspecified atom stereocenters. The molecule has 25 heavy (non-hydrogen) atoms. The normalized spacial score (nSPS) is 12.5. The number of carbonyl (C=O) groups is 1. The maximum absolute atomic E-state index is 12.2. The molecule has 0 spiro atoms. The third-order valence-corrected chi connectivity index (χ3v) is 3.18. The molecule has 1 aromatic heterocycles. The molecule has 2 aromatic rings. The van der Waals surface area contributed by atoms with Crippen LogP contribution in [0.25, 0.3) is 0 Å². The standard InChI is InChI=1S/C15H17F3N4O3/c1-22-13(6-7-19-22)12(9-24-2)21-14(23)20-10-4-3-5-11(8-10)25-15(16,17)18/h3-8,12H,9H2,1-2H3,(H2,20,21,23). The number of anilines is 1. The molecule has 1 atom stereocenters. The van der Waals surface area contributed by atoms with Gasteiger partial charge in [-0.15, -0.1) is 13.2 Å². The van der Waals surface area contributed by atoms with Crippen LogP contribution < -0.4 is 15.4 Å². The Labute approximate surface area is 141 Å². The Hall–Kier alpha value is -2.75. The van der Waals surface area contributed by atoms with Gasteiger partial charge in [-0.25, -0.2) is 4.79 Å². The Kier molecular flexibility index (Phi) is 5.86. The van der Waals surface area contributed by atoms with E-state index in [-0.39, 0.29) is 12.3 Å². The van der Waals surface area contributed by atoms with Gasteiger partial charge in [0.15, 0.2) is 0 Å². The predicted octanol–water partition coefficient (Wildman–Crippen LogP) is 2.83. The van der Waals surface area contributed by atoms with Crippen molar-refractivity contribution in [2.24, 2.45) is 7.05 Å². The third-order valence-electron chi connectivity index (χ3n) is 3.18. The van der Waals surface area contributed by atoms with Crippen LogP contribution in [0.1, 0.15) is 11.7 Å². The first-order valence-corrected chi connectivity index (χ1v) is 7.18. The van der Waals surface area contributed by atoms with E-state index in [0.29, 0.717) is 5.69 Å². The molecule has 1 aromatic carbocycles. The number of nitrogens with zero attached hydrogens (tertiary/aromatic N) is 2. The van der Waals surface area contributed by atoms with Gasteiger partial charge in [-0.3, -0.25) is 4.68 Å². The van der Waals surface area contributed by atoms with Crippen molar-refractivity contribution < 1.29 is 27.4 Å². The van der Waals surface area contributed by atoms with Crippen molar-refractivity contribution in [3.05, 3.63) is 42.2 Å². The lowest BCUT2D eigenvalue weighted by atomic mass is 10.2. The molecular formula is C15H17F3N4O3. The summed E-state index contributed by atoms with van der Waals surface area (Å²) in [5, 5.41) is 9.16. The second kappa shape index (κ2) is 7.88. The summed E-state index contributed by atoms with van der Waals surface area (Å²) in [5.74, 6) is -0.426. The van der Waals surface area contributed by atoms with Gasteiger partial charge in [0.1, 0.15) is 5.75 Å². The first-order chi connectivity index (χ1) is 11.8. The highest BCUT2D eigenvalue weighted by atomic mass is 19.4. The van der Waals surface area contributed by atoms with Crippen LogP contribution in [0.4, 0.5) is 23.7 Å². The topological polar surface area (TPSA) is 77.4 Å². The average Bonchev–Trinajstić information content (AvgIpc) is 2.91. The van der Waals surface area contributed by atoms with Crippen LogP contribution in [-0.2, 0) is 11.8 Å². The maximum atomic E-state index is 12.2. The summed E-state index contributed by atoms with van der Waals surface area (Å²) in [7, 11) is 3.20. The number of aryl methyl sites for hydroxylation is 1. The van der Waals surface area contributed by atoms with Crippen molar-refractivity contribution in [2.75, 3.05) is 19.0 Å². The van der Waals surface area contributed by atoms with E-state index >= 15 is 0 Å². The smallest absolute Gasteiger partial charge is 0.406 e. The van der Waals surface area contributed by atoms with Gasteiger partial charge in [-0.2, -0.15) is 5.10 Å². The molecule has 10 heteroatoms. The summed E-state index contributed by atoms with van der Waals surface area (Å²) < 4.78 is 47.2. The zero-order chi connectivity index (χ0) is 18.4. The number of alkyl halides is 3. The minimum absolute atomic E-state index is 0.153. The highest BCUT2D eigenvalue weighted by molar-refractivity contribution is 5.89. The van der Waals surface area contributed by atoms with Crippen molar-refractivity contribution in [3.63, 3.8) is 0 Å². The third kappa shape index (κ3) is 5.68. The molecule has 0 aliphatic carbocycles. The number of nitrogens with one attached hydrogen (secondary N) is 2. The van der Waals surface area contributed by atoms with Crippen molar-refractivity contribution in [1.29, 1.82) is 0 Å². The van der Waals surface area contributed by atoms with E-state index < -0.39 is 24.2 Å². The molecule has 0 saturated heterocycles. The van der Waals surface area contributed by atoms with E-state index in [1.165, 1.54) is 19.2 Å². The summed E-state index contributed by atoms with van der Waals surface area (Å²) >= 11 is 0. The highest BCUT2D eigenvalue weighted by Crippen LogP contribution is 2.25. The van der Waals surface area contributed by atoms with Gasteiger partial charge >= 0.3 is 12.4 Å². The molecule has 0 bridgehead atoms. The Morgan fingerprint density at radius 3 is 2.72 bits per heavy atom. The maximum Gasteiger partial charge on any atom is 0.573 e. The van der Waals surface area contributed by atoms with Crippen molar-refractivity contribution in [2.45, 2.75) is 12.4 Å². The van der Waals surface area contributed by atoms with Crippen LogP contribution in [0.15, 0.2) is 36.5 Å². The number of methoxy groups -OCH3 is 1. The Morgan fingerprint density at radius 1 is 1.36 bits per heavy atom. The van der Waals surface area contributed by atoms with E-state index in [1.54, 1.807) is 24.0 Å². The van der Waals surface area contributed by atoms with E-state index in [1.807, 2.05) is 0 Å². The number of hydrogen-bond donors (Lipinski definition) is 2. The Bertz CT molecular complexity index is 718. The predicted molar refractivity (Wildman–Crippen MR) is 83.1 cm³/mol. The fraction of sp³-hybridized carbons (Fsp3) is 0.333. The molecule has 2 rings (SSSR count). The first kappa shape index (κ1) is 18.6. The van der Waals surface area contributed by atoms with Crippen LogP contribution >= 0.6 is 0 Å². The average molecular weight is 358 g/mol. The van der Waals surface area contributed by atoms with Gasteiger partial charge in [0.25, 0.3) is 0 Å².